The summed E-state index contributed by atoms with van der Waals surface area (Å²) in [6.07, 6.45) is 23.9. The molecule has 0 amide bonds. The highest BCUT2D eigenvalue weighted by atomic mass is 15.4. The van der Waals surface area contributed by atoms with Crippen LogP contribution in [-0.2, 0) is 0 Å². The van der Waals surface area contributed by atoms with E-state index < -0.39 is 0 Å². The van der Waals surface area contributed by atoms with E-state index in [4.69, 9.17) is 0 Å². The molecule has 3 heteroatoms. The van der Waals surface area contributed by atoms with Crippen LogP contribution in [-0.4, -0.2) is 40.9 Å². The lowest BCUT2D eigenvalue weighted by atomic mass is 9.90. The van der Waals surface area contributed by atoms with E-state index in [2.05, 4.69) is 37.5 Å². The van der Waals surface area contributed by atoms with Gasteiger partial charge in [-0.3, -0.25) is 5.41 Å². The highest BCUT2D eigenvalue weighted by Gasteiger charge is 2.32. The predicted molar refractivity (Wildman–Crippen MR) is 141 cm³/mol. The van der Waals surface area contributed by atoms with Crippen molar-refractivity contribution in [1.29, 1.82) is 5.41 Å². The van der Waals surface area contributed by atoms with Gasteiger partial charge in [0, 0.05) is 25.2 Å². The van der Waals surface area contributed by atoms with Crippen LogP contribution in [0.25, 0.3) is 0 Å². The Bertz CT molecular complexity index is 437. The third kappa shape index (κ3) is 8.90. The van der Waals surface area contributed by atoms with Crippen LogP contribution in [0.2, 0.25) is 0 Å². The molecule has 2 aliphatic carbocycles. The van der Waals surface area contributed by atoms with Gasteiger partial charge in [0.25, 0.3) is 0 Å². The van der Waals surface area contributed by atoms with Crippen molar-refractivity contribution in [3.63, 3.8) is 0 Å². The third-order valence-corrected chi connectivity index (χ3v) is 8.57. The number of hydrogen-bond acceptors (Lipinski definition) is 1. The summed E-state index contributed by atoms with van der Waals surface area (Å²) in [7, 11) is 0. The lowest BCUT2D eigenvalue weighted by Crippen LogP contribution is -2.55. The van der Waals surface area contributed by atoms with Gasteiger partial charge in [0.15, 0.2) is 5.96 Å². The van der Waals surface area contributed by atoms with E-state index in [1.807, 2.05) is 0 Å². The Hall–Kier alpha value is -0.730. The maximum atomic E-state index is 9.62. The fourth-order valence-corrected chi connectivity index (χ4v) is 6.16. The average Bonchev–Trinajstić information content (AvgIpc) is 2.85. The zero-order valence-corrected chi connectivity index (χ0v) is 22.3. The SMILES string of the molecule is CCCCC(CC)CN(C(=N)N(CC(CC)CCCC)C1CCCCC1)C1CCCCC1. The number of guanidine groups is 1. The van der Waals surface area contributed by atoms with E-state index in [9.17, 15) is 5.41 Å². The molecule has 2 unspecified atom stereocenters. The monoisotopic (exact) mass is 447 g/mol. The molecule has 188 valence electrons. The molecular formula is C29H57N3. The normalized spacial score (nSPS) is 20.1. The molecule has 0 spiro atoms. The highest BCUT2D eigenvalue weighted by Crippen LogP contribution is 2.30. The molecule has 3 nitrogen and oxygen atoms in total. The molecule has 2 rings (SSSR count). The number of unbranched alkanes of at least 4 members (excludes halogenated alkanes) is 2. The summed E-state index contributed by atoms with van der Waals surface area (Å²) in [5.74, 6) is 2.40. The summed E-state index contributed by atoms with van der Waals surface area (Å²) in [6.45, 7) is 11.6. The molecule has 32 heavy (non-hydrogen) atoms. The van der Waals surface area contributed by atoms with Crippen LogP contribution < -0.4 is 0 Å². The first-order valence-electron chi connectivity index (χ1n) is 14.8. The van der Waals surface area contributed by atoms with Gasteiger partial charge in [-0.05, 0) is 50.4 Å². The molecule has 0 heterocycles. The molecule has 0 aromatic carbocycles. The van der Waals surface area contributed by atoms with Crippen molar-refractivity contribution in [3.8, 4) is 0 Å². The molecule has 1 N–H and O–H groups in total. The van der Waals surface area contributed by atoms with E-state index in [0.29, 0.717) is 12.1 Å². The molecule has 2 atom stereocenters. The summed E-state index contributed by atoms with van der Waals surface area (Å²) in [5.41, 5.74) is 0. The highest BCUT2D eigenvalue weighted by molar-refractivity contribution is 5.77. The number of rotatable bonds is 14. The van der Waals surface area contributed by atoms with Gasteiger partial charge >= 0.3 is 0 Å². The van der Waals surface area contributed by atoms with E-state index in [0.717, 1.165) is 30.9 Å². The second kappa shape index (κ2) is 16.0. The molecule has 0 saturated heterocycles. The lowest BCUT2D eigenvalue weighted by Gasteiger charge is -2.46. The maximum Gasteiger partial charge on any atom is 0.194 e. The van der Waals surface area contributed by atoms with Crippen molar-refractivity contribution < 1.29 is 0 Å². The van der Waals surface area contributed by atoms with Crippen LogP contribution in [0.3, 0.4) is 0 Å². The smallest absolute Gasteiger partial charge is 0.194 e. The van der Waals surface area contributed by atoms with Gasteiger partial charge in [0.05, 0.1) is 0 Å². The summed E-state index contributed by atoms with van der Waals surface area (Å²) in [5, 5.41) is 9.62. The lowest BCUT2D eigenvalue weighted by molar-refractivity contribution is 0.141. The molecular weight excluding hydrogens is 390 g/mol. The van der Waals surface area contributed by atoms with Crippen LogP contribution in [0.5, 0.6) is 0 Å². The largest absolute Gasteiger partial charge is 0.340 e. The first-order chi connectivity index (χ1) is 15.6. The zero-order valence-electron chi connectivity index (χ0n) is 22.3. The van der Waals surface area contributed by atoms with Crippen molar-refractivity contribution in [2.75, 3.05) is 13.1 Å². The van der Waals surface area contributed by atoms with Gasteiger partial charge in [0.1, 0.15) is 0 Å². The minimum atomic E-state index is 0.605. The second-order valence-corrected chi connectivity index (χ2v) is 11.0. The van der Waals surface area contributed by atoms with Gasteiger partial charge in [-0.1, -0.05) is 105 Å². The number of hydrogen-bond donors (Lipinski definition) is 1. The molecule has 2 saturated carbocycles. The molecule has 0 bridgehead atoms. The Labute approximate surface area is 201 Å². The summed E-state index contributed by atoms with van der Waals surface area (Å²) in [4.78, 5) is 5.26. The quantitative estimate of drug-likeness (QED) is 0.213. The van der Waals surface area contributed by atoms with Crippen LogP contribution in [0.1, 0.15) is 143 Å². The molecule has 0 aromatic heterocycles. The number of nitrogens with one attached hydrogen (secondary N) is 1. The standard InChI is InChI=1S/C29H57N3/c1-5-9-17-25(7-3)23-31(27-19-13-11-14-20-27)29(30)32(28-21-15-12-16-22-28)24-26(8-4)18-10-6-2/h25-28,30H,5-24H2,1-4H3. The molecule has 0 radical (unpaired) electrons. The van der Waals surface area contributed by atoms with Crippen molar-refractivity contribution in [3.05, 3.63) is 0 Å². The van der Waals surface area contributed by atoms with Crippen LogP contribution in [0.4, 0.5) is 0 Å². The fraction of sp³-hybridized carbons (Fsp3) is 0.966. The van der Waals surface area contributed by atoms with E-state index >= 15 is 0 Å². The minimum Gasteiger partial charge on any atom is -0.340 e. The molecule has 2 fully saturated rings. The van der Waals surface area contributed by atoms with Gasteiger partial charge in [-0.25, -0.2) is 0 Å². The van der Waals surface area contributed by atoms with E-state index in [1.165, 1.54) is 116 Å². The van der Waals surface area contributed by atoms with Crippen LogP contribution in [0, 0.1) is 17.2 Å². The van der Waals surface area contributed by atoms with Gasteiger partial charge in [0.2, 0.25) is 0 Å². The van der Waals surface area contributed by atoms with Crippen molar-refractivity contribution >= 4 is 5.96 Å². The first-order valence-corrected chi connectivity index (χ1v) is 14.8. The first kappa shape index (κ1) is 27.5. The van der Waals surface area contributed by atoms with E-state index in [-0.39, 0.29) is 0 Å². The summed E-state index contributed by atoms with van der Waals surface area (Å²) >= 11 is 0. The summed E-state index contributed by atoms with van der Waals surface area (Å²) in [6, 6.07) is 1.21. The van der Waals surface area contributed by atoms with Crippen molar-refractivity contribution in [2.24, 2.45) is 11.8 Å². The Morgan fingerprint density at radius 3 is 1.34 bits per heavy atom. The Balaban J connectivity index is 2.22. The van der Waals surface area contributed by atoms with Crippen LogP contribution in [0.15, 0.2) is 0 Å². The maximum absolute atomic E-state index is 9.62. The van der Waals surface area contributed by atoms with Gasteiger partial charge < -0.3 is 9.80 Å². The Kier molecular flexibility index (Phi) is 13.7. The Morgan fingerprint density at radius 1 is 0.656 bits per heavy atom. The topological polar surface area (TPSA) is 30.3 Å². The minimum absolute atomic E-state index is 0.605. The molecule has 0 aliphatic heterocycles. The summed E-state index contributed by atoms with van der Waals surface area (Å²) < 4.78 is 0. The molecule has 0 aromatic rings. The van der Waals surface area contributed by atoms with Crippen LogP contribution >= 0.6 is 0 Å². The number of nitrogens with zero attached hydrogens (tertiary/aromatic N) is 2. The Morgan fingerprint density at radius 2 is 1.03 bits per heavy atom. The zero-order chi connectivity index (χ0) is 23.2. The second-order valence-electron chi connectivity index (χ2n) is 11.0. The van der Waals surface area contributed by atoms with Crippen molar-refractivity contribution in [2.45, 2.75) is 155 Å². The third-order valence-electron chi connectivity index (χ3n) is 8.57. The van der Waals surface area contributed by atoms with Gasteiger partial charge in [-0.15, -0.1) is 0 Å². The fourth-order valence-electron chi connectivity index (χ4n) is 6.16. The van der Waals surface area contributed by atoms with Crippen molar-refractivity contribution in [1.82, 2.24) is 9.80 Å². The van der Waals surface area contributed by atoms with Gasteiger partial charge in [-0.2, -0.15) is 0 Å². The predicted octanol–water partition coefficient (Wildman–Crippen LogP) is 8.62. The average molecular weight is 448 g/mol. The van der Waals surface area contributed by atoms with E-state index in [1.54, 1.807) is 0 Å². The molecule has 2 aliphatic rings.